The minimum atomic E-state index is -0.518. The van der Waals surface area contributed by atoms with E-state index in [2.05, 4.69) is 20.2 Å². The van der Waals surface area contributed by atoms with Crippen molar-refractivity contribution in [2.75, 3.05) is 12.3 Å². The van der Waals surface area contributed by atoms with Crippen LogP contribution in [0, 0.1) is 0 Å². The number of nitrogen functional groups attached to an aromatic ring is 1. The highest BCUT2D eigenvalue weighted by Crippen LogP contribution is 2.16. The highest BCUT2D eigenvalue weighted by atomic mass is 16.5. The lowest BCUT2D eigenvalue weighted by molar-refractivity contribution is 0.0527. The molecule has 3 aromatic rings. The Balaban J connectivity index is 1.78. The quantitative estimate of drug-likeness (QED) is 0.695. The monoisotopic (exact) mass is 314 g/mol. The van der Waals surface area contributed by atoms with Gasteiger partial charge in [-0.3, -0.25) is 4.98 Å². The van der Waals surface area contributed by atoms with Gasteiger partial charge in [0.15, 0.2) is 0 Å². The van der Waals surface area contributed by atoms with Crippen molar-refractivity contribution in [1.29, 1.82) is 0 Å². The van der Waals surface area contributed by atoms with Crippen molar-refractivity contribution in [3.05, 3.63) is 42.0 Å². The highest BCUT2D eigenvalue weighted by molar-refractivity contribution is 5.93. The predicted molar refractivity (Wildman–Crippen MR) is 79.2 cm³/mol. The average Bonchev–Trinajstić information content (AvgIpc) is 3.17. The minimum absolute atomic E-state index is 0.144. The largest absolute Gasteiger partial charge is 0.462 e. The number of anilines is 1. The van der Waals surface area contributed by atoms with Gasteiger partial charge in [0, 0.05) is 6.20 Å². The van der Waals surface area contributed by atoms with Gasteiger partial charge in [0.2, 0.25) is 11.7 Å². The molecule has 9 nitrogen and oxygen atoms in total. The van der Waals surface area contributed by atoms with Crippen LogP contribution in [0.25, 0.3) is 11.5 Å². The number of hydrogen-bond acceptors (Lipinski definition) is 8. The molecule has 0 aromatic carbocycles. The van der Waals surface area contributed by atoms with Crippen molar-refractivity contribution in [3.63, 3.8) is 0 Å². The second-order valence-corrected chi connectivity index (χ2v) is 4.55. The van der Waals surface area contributed by atoms with E-state index >= 15 is 0 Å². The molecule has 0 amide bonds. The van der Waals surface area contributed by atoms with Gasteiger partial charge in [-0.15, -0.1) is 0 Å². The summed E-state index contributed by atoms with van der Waals surface area (Å²) in [4.78, 5) is 20.1. The van der Waals surface area contributed by atoms with Gasteiger partial charge >= 0.3 is 5.97 Å². The van der Waals surface area contributed by atoms with Crippen LogP contribution in [-0.4, -0.2) is 37.5 Å². The van der Waals surface area contributed by atoms with Crippen molar-refractivity contribution in [2.24, 2.45) is 0 Å². The Morgan fingerprint density at radius 3 is 3.04 bits per heavy atom. The van der Waals surface area contributed by atoms with Crippen LogP contribution in [0.15, 0.2) is 35.1 Å². The lowest BCUT2D eigenvalue weighted by Gasteiger charge is -2.02. The fourth-order valence-electron chi connectivity index (χ4n) is 1.93. The summed E-state index contributed by atoms with van der Waals surface area (Å²) in [6, 6.07) is 5.40. The summed E-state index contributed by atoms with van der Waals surface area (Å²) in [5.41, 5.74) is 6.70. The Hall–Kier alpha value is -3.23. The summed E-state index contributed by atoms with van der Waals surface area (Å²) >= 11 is 0. The van der Waals surface area contributed by atoms with Crippen molar-refractivity contribution < 1.29 is 14.1 Å². The van der Waals surface area contributed by atoms with Gasteiger partial charge < -0.3 is 15.0 Å². The molecule has 0 spiro atoms. The SMILES string of the molecule is CCOC(=O)c1cnn(Cc2nc(-c3ccccn3)no2)c1N. The molecule has 0 saturated heterocycles. The second-order valence-electron chi connectivity index (χ2n) is 4.55. The number of nitrogens with zero attached hydrogens (tertiary/aromatic N) is 5. The summed E-state index contributed by atoms with van der Waals surface area (Å²) in [5.74, 6) is 0.338. The standard InChI is InChI=1S/C14H14N6O3/c1-2-22-14(21)9-7-17-20(12(9)15)8-11-18-13(19-23-11)10-5-3-4-6-16-10/h3-7H,2,8,15H2,1H3. The number of aromatic nitrogens is 5. The van der Waals surface area contributed by atoms with E-state index in [0.717, 1.165) is 0 Å². The Labute approximate surface area is 131 Å². The van der Waals surface area contributed by atoms with Crippen molar-refractivity contribution >= 4 is 11.8 Å². The molecular formula is C14H14N6O3. The van der Waals surface area contributed by atoms with Gasteiger partial charge in [-0.05, 0) is 19.1 Å². The van der Waals surface area contributed by atoms with E-state index in [1.165, 1.54) is 10.9 Å². The normalized spacial score (nSPS) is 10.7. The summed E-state index contributed by atoms with van der Waals surface area (Å²) < 4.78 is 11.5. The number of pyridine rings is 1. The zero-order valence-corrected chi connectivity index (χ0v) is 12.3. The van der Waals surface area contributed by atoms with E-state index in [0.29, 0.717) is 17.4 Å². The van der Waals surface area contributed by atoms with Crippen molar-refractivity contribution in [3.8, 4) is 11.5 Å². The molecule has 0 aliphatic heterocycles. The van der Waals surface area contributed by atoms with Gasteiger partial charge in [0.25, 0.3) is 0 Å². The molecule has 118 valence electrons. The molecule has 0 unspecified atom stereocenters. The van der Waals surface area contributed by atoms with Crippen LogP contribution >= 0.6 is 0 Å². The van der Waals surface area contributed by atoms with Crippen LogP contribution in [0.5, 0.6) is 0 Å². The molecule has 3 aromatic heterocycles. The topological polar surface area (TPSA) is 122 Å². The Bertz CT molecular complexity index is 811. The average molecular weight is 314 g/mol. The highest BCUT2D eigenvalue weighted by Gasteiger charge is 2.18. The van der Waals surface area contributed by atoms with Gasteiger partial charge in [-0.2, -0.15) is 10.1 Å². The maximum atomic E-state index is 11.7. The third-order valence-electron chi connectivity index (χ3n) is 3.02. The first-order valence-electron chi connectivity index (χ1n) is 6.91. The third-order valence-corrected chi connectivity index (χ3v) is 3.02. The van der Waals surface area contributed by atoms with E-state index in [4.69, 9.17) is 15.0 Å². The van der Waals surface area contributed by atoms with Crippen molar-refractivity contribution in [2.45, 2.75) is 13.5 Å². The molecule has 23 heavy (non-hydrogen) atoms. The number of ether oxygens (including phenoxy) is 1. The Morgan fingerprint density at radius 1 is 1.43 bits per heavy atom. The molecule has 9 heteroatoms. The van der Waals surface area contributed by atoms with Gasteiger partial charge in [0.1, 0.15) is 23.6 Å². The molecule has 0 aliphatic carbocycles. The van der Waals surface area contributed by atoms with Gasteiger partial charge in [-0.1, -0.05) is 11.2 Å². The number of esters is 1. The molecule has 3 rings (SSSR count). The zero-order valence-electron chi connectivity index (χ0n) is 12.3. The number of carbonyl (C=O) groups excluding carboxylic acids is 1. The molecule has 3 heterocycles. The fraction of sp³-hybridized carbons (Fsp3) is 0.214. The molecule has 0 radical (unpaired) electrons. The number of carbonyl (C=O) groups is 1. The van der Waals surface area contributed by atoms with Crippen LogP contribution in [0.4, 0.5) is 5.82 Å². The molecule has 0 bridgehead atoms. The van der Waals surface area contributed by atoms with E-state index < -0.39 is 5.97 Å². The maximum Gasteiger partial charge on any atom is 0.343 e. The molecule has 0 saturated carbocycles. The van der Waals surface area contributed by atoms with Crippen LogP contribution < -0.4 is 5.73 Å². The Morgan fingerprint density at radius 2 is 2.30 bits per heavy atom. The third kappa shape index (κ3) is 3.03. The molecule has 0 fully saturated rings. The molecule has 0 aliphatic rings. The first-order chi connectivity index (χ1) is 11.2. The summed E-state index contributed by atoms with van der Waals surface area (Å²) in [7, 11) is 0. The maximum absolute atomic E-state index is 11.7. The minimum Gasteiger partial charge on any atom is -0.462 e. The van der Waals surface area contributed by atoms with E-state index in [9.17, 15) is 4.79 Å². The molecule has 0 atom stereocenters. The van der Waals surface area contributed by atoms with Crippen LogP contribution in [0.1, 0.15) is 23.2 Å². The van der Waals surface area contributed by atoms with Gasteiger partial charge in [0.05, 0.1) is 12.8 Å². The summed E-state index contributed by atoms with van der Waals surface area (Å²) in [6.07, 6.45) is 2.99. The second kappa shape index (κ2) is 6.26. The van der Waals surface area contributed by atoms with Crippen molar-refractivity contribution in [1.82, 2.24) is 24.9 Å². The smallest absolute Gasteiger partial charge is 0.343 e. The summed E-state index contributed by atoms with van der Waals surface area (Å²) in [6.45, 7) is 2.13. The van der Waals surface area contributed by atoms with E-state index in [-0.39, 0.29) is 24.5 Å². The predicted octanol–water partition coefficient (Wildman–Crippen LogP) is 1.14. The number of nitrogens with two attached hydrogens (primary N) is 1. The first-order valence-corrected chi connectivity index (χ1v) is 6.91. The van der Waals surface area contributed by atoms with Crippen LogP contribution in [0.3, 0.4) is 0 Å². The van der Waals surface area contributed by atoms with E-state index in [1.54, 1.807) is 25.3 Å². The lowest BCUT2D eigenvalue weighted by Crippen LogP contribution is -2.10. The lowest BCUT2D eigenvalue weighted by atomic mass is 10.3. The molecule has 2 N–H and O–H groups in total. The molecular weight excluding hydrogens is 300 g/mol. The zero-order chi connectivity index (χ0) is 16.2. The number of rotatable bonds is 5. The fourth-order valence-corrected chi connectivity index (χ4v) is 1.93. The van der Waals surface area contributed by atoms with E-state index in [1.807, 2.05) is 6.07 Å². The first kappa shape index (κ1) is 14.7. The van der Waals surface area contributed by atoms with Crippen LogP contribution in [-0.2, 0) is 11.3 Å². The number of hydrogen-bond donors (Lipinski definition) is 1. The van der Waals surface area contributed by atoms with Gasteiger partial charge in [-0.25, -0.2) is 9.48 Å². The Kier molecular flexibility index (Phi) is 4.00. The summed E-state index contributed by atoms with van der Waals surface area (Å²) in [5, 5.41) is 7.91. The van der Waals surface area contributed by atoms with Crippen LogP contribution in [0.2, 0.25) is 0 Å².